The van der Waals surface area contributed by atoms with Crippen molar-refractivity contribution >= 4 is 12.3 Å². The zero-order chi connectivity index (χ0) is 12.7. The van der Waals surface area contributed by atoms with E-state index in [1.54, 1.807) is 0 Å². The fourth-order valence-corrected chi connectivity index (χ4v) is 0.0577. The van der Waals surface area contributed by atoms with E-state index in [2.05, 4.69) is 13.2 Å². The van der Waals surface area contributed by atoms with Gasteiger partial charge in [0.1, 0.15) is 12.4 Å². The van der Waals surface area contributed by atoms with Crippen LogP contribution < -0.4 is 0 Å². The maximum absolute atomic E-state index is 9.25. The summed E-state index contributed by atoms with van der Waals surface area (Å²) in [4.78, 5) is 18.3. The number of hydrogen-bond donors (Lipinski definition) is 4. The minimum Gasteiger partial charge on any atom is -0.478 e. The van der Waals surface area contributed by atoms with Crippen molar-refractivity contribution in [2.24, 2.45) is 0 Å². The number of hydrogen-bond acceptors (Lipinski definition) is 5. The van der Waals surface area contributed by atoms with Gasteiger partial charge in [-0.3, -0.25) is 4.79 Å². The van der Waals surface area contributed by atoms with Gasteiger partial charge in [-0.05, 0) is 6.08 Å². The molecule has 0 spiro atoms. The largest absolute Gasteiger partial charge is 0.478 e. The second-order valence-corrected chi connectivity index (χ2v) is 1.93. The third-order valence-corrected chi connectivity index (χ3v) is 0.692. The van der Waals surface area contributed by atoms with Gasteiger partial charge in [0.2, 0.25) is 0 Å². The molecule has 0 atom stereocenters. The Hall–Kier alpha value is -1.50. The Kier molecular flexibility index (Phi) is 23.4. The summed E-state index contributed by atoms with van der Waals surface area (Å²) in [6, 6.07) is 0. The van der Waals surface area contributed by atoms with Crippen LogP contribution >= 0.6 is 0 Å². The Morgan fingerprint density at radius 3 is 1.53 bits per heavy atom. The zero-order valence-corrected chi connectivity index (χ0v) is 8.24. The van der Waals surface area contributed by atoms with Gasteiger partial charge in [-0.2, -0.15) is 0 Å². The highest BCUT2D eigenvalue weighted by atomic mass is 16.4. The van der Waals surface area contributed by atoms with Crippen LogP contribution in [-0.2, 0) is 9.59 Å². The summed E-state index contributed by atoms with van der Waals surface area (Å²) in [6.45, 7) is 5.34. The van der Waals surface area contributed by atoms with Crippen LogP contribution in [-0.4, -0.2) is 52.0 Å². The van der Waals surface area contributed by atoms with Crippen molar-refractivity contribution < 1.29 is 30.0 Å². The summed E-state index contributed by atoms with van der Waals surface area (Å²) in [6.07, 6.45) is 1.71. The monoisotopic (exact) mass is 220 g/mol. The molecule has 0 fully saturated rings. The number of aliphatic hydroxyl groups is 3. The second kappa shape index (κ2) is 18.3. The molecule has 0 aromatic heterocycles. The molecule has 0 aromatic carbocycles. The number of carboxylic acids is 1. The van der Waals surface area contributed by atoms with Crippen LogP contribution in [0.3, 0.4) is 0 Å². The first kappa shape index (κ1) is 19.1. The van der Waals surface area contributed by atoms with Crippen molar-refractivity contribution in [3.8, 4) is 0 Å². The number of carbonyl (C=O) groups excluding carboxylic acids is 1. The predicted octanol–water partition coefficient (Wildman–Crippen LogP) is -1.04. The minimum atomic E-state index is -0.981. The lowest BCUT2D eigenvalue weighted by atomic mass is 10.4. The lowest BCUT2D eigenvalue weighted by Gasteiger charge is -1.96. The van der Waals surface area contributed by atoms with Gasteiger partial charge < -0.3 is 20.4 Å². The SMILES string of the molecule is C=CC(=O)O.C=CC=O.OCC(O)CO. The van der Waals surface area contributed by atoms with Crippen molar-refractivity contribution in [3.63, 3.8) is 0 Å². The summed E-state index contributed by atoms with van der Waals surface area (Å²) in [5.74, 6) is -0.981. The lowest BCUT2D eigenvalue weighted by Crippen LogP contribution is -2.15. The maximum Gasteiger partial charge on any atom is 0.327 e. The summed E-state index contributed by atoms with van der Waals surface area (Å²) in [7, 11) is 0. The van der Waals surface area contributed by atoms with Crippen LogP contribution in [0.1, 0.15) is 0 Å². The van der Waals surface area contributed by atoms with Crippen molar-refractivity contribution in [1.29, 1.82) is 0 Å². The van der Waals surface area contributed by atoms with Crippen molar-refractivity contribution in [2.45, 2.75) is 6.10 Å². The first-order chi connectivity index (χ1) is 6.99. The van der Waals surface area contributed by atoms with E-state index in [4.69, 9.17) is 25.2 Å². The third kappa shape index (κ3) is 45.6. The van der Waals surface area contributed by atoms with E-state index in [1.165, 1.54) is 6.08 Å². The fraction of sp³-hybridized carbons (Fsp3) is 0.333. The number of allylic oxidation sites excluding steroid dienone is 1. The highest BCUT2D eigenvalue weighted by Crippen LogP contribution is 1.71. The van der Waals surface area contributed by atoms with Gasteiger partial charge in [0.15, 0.2) is 0 Å². The average molecular weight is 220 g/mol. The fourth-order valence-electron chi connectivity index (χ4n) is 0.0577. The molecule has 0 radical (unpaired) electrons. The van der Waals surface area contributed by atoms with Crippen LogP contribution in [0.4, 0.5) is 0 Å². The van der Waals surface area contributed by atoms with Gasteiger partial charge >= 0.3 is 5.97 Å². The van der Waals surface area contributed by atoms with Gasteiger partial charge in [-0.1, -0.05) is 13.2 Å². The van der Waals surface area contributed by atoms with E-state index < -0.39 is 12.1 Å². The van der Waals surface area contributed by atoms with E-state index in [1.807, 2.05) is 0 Å². The minimum absolute atomic E-state index is 0.365. The summed E-state index contributed by atoms with van der Waals surface area (Å²) in [5.41, 5.74) is 0. The Morgan fingerprint density at radius 1 is 1.27 bits per heavy atom. The molecule has 0 rings (SSSR count). The van der Waals surface area contributed by atoms with Crippen LogP contribution in [0.2, 0.25) is 0 Å². The quantitative estimate of drug-likeness (QED) is 0.355. The predicted molar refractivity (Wildman–Crippen MR) is 54.3 cm³/mol. The first-order valence-electron chi connectivity index (χ1n) is 3.81. The Balaban J connectivity index is -0.000000147. The first-order valence-corrected chi connectivity index (χ1v) is 3.81. The molecular formula is C9H16O6. The molecule has 0 amide bonds. The van der Waals surface area contributed by atoms with E-state index in [-0.39, 0.29) is 13.2 Å². The molecule has 88 valence electrons. The number of aldehydes is 1. The summed E-state index contributed by atoms with van der Waals surface area (Å²) < 4.78 is 0. The molecule has 0 aromatic rings. The molecule has 6 heteroatoms. The third-order valence-electron chi connectivity index (χ3n) is 0.692. The number of rotatable bonds is 4. The topological polar surface area (TPSA) is 115 Å². The van der Waals surface area contributed by atoms with E-state index >= 15 is 0 Å². The van der Waals surface area contributed by atoms with E-state index in [0.717, 1.165) is 6.08 Å². The lowest BCUT2D eigenvalue weighted by molar-refractivity contribution is -0.131. The van der Waals surface area contributed by atoms with Gasteiger partial charge in [-0.25, -0.2) is 4.79 Å². The Bertz CT molecular complexity index is 167. The molecule has 0 aliphatic rings. The van der Waals surface area contributed by atoms with Crippen molar-refractivity contribution in [1.82, 2.24) is 0 Å². The molecule has 0 aliphatic carbocycles. The molecule has 6 nitrogen and oxygen atoms in total. The smallest absolute Gasteiger partial charge is 0.327 e. The summed E-state index contributed by atoms with van der Waals surface area (Å²) in [5, 5.41) is 31.6. The highest BCUT2D eigenvalue weighted by Gasteiger charge is 1.93. The molecule has 0 unspecified atom stereocenters. The summed E-state index contributed by atoms with van der Waals surface area (Å²) >= 11 is 0. The average Bonchev–Trinajstić information content (AvgIpc) is 2.28. The van der Waals surface area contributed by atoms with Gasteiger partial charge in [0.25, 0.3) is 0 Å². The maximum atomic E-state index is 9.25. The highest BCUT2D eigenvalue weighted by molar-refractivity contribution is 5.78. The second-order valence-electron chi connectivity index (χ2n) is 1.93. The zero-order valence-electron chi connectivity index (χ0n) is 8.24. The molecule has 0 saturated heterocycles. The molecule has 0 saturated carbocycles. The normalized spacial score (nSPS) is 7.47. The Morgan fingerprint density at radius 2 is 1.53 bits per heavy atom. The van der Waals surface area contributed by atoms with Gasteiger partial charge in [-0.15, -0.1) is 0 Å². The van der Waals surface area contributed by atoms with Crippen LogP contribution in [0.15, 0.2) is 25.3 Å². The Labute approximate surface area is 87.8 Å². The molecule has 0 bridgehead atoms. The van der Waals surface area contributed by atoms with Gasteiger partial charge in [0.05, 0.1) is 13.2 Å². The van der Waals surface area contributed by atoms with Crippen LogP contribution in [0, 0.1) is 0 Å². The molecule has 15 heavy (non-hydrogen) atoms. The molecule has 4 N–H and O–H groups in total. The number of aliphatic carboxylic acids is 1. The standard InChI is InChI=1S/C3H8O3.C3H4O2.C3H4O/c4-1-3(6)2-5;1-2-3(4)5;1-2-3-4/h3-6H,1-2H2;2H,1H2,(H,4,5);2-3H,1H2. The molecule has 0 aliphatic heterocycles. The number of carboxylic acid groups (broad SMARTS) is 1. The van der Waals surface area contributed by atoms with Crippen molar-refractivity contribution in [2.75, 3.05) is 13.2 Å². The van der Waals surface area contributed by atoms with Crippen LogP contribution in [0.25, 0.3) is 0 Å². The van der Waals surface area contributed by atoms with E-state index in [0.29, 0.717) is 6.29 Å². The molecule has 0 heterocycles. The van der Waals surface area contributed by atoms with Crippen LogP contribution in [0.5, 0.6) is 0 Å². The van der Waals surface area contributed by atoms with Crippen molar-refractivity contribution in [3.05, 3.63) is 25.3 Å². The van der Waals surface area contributed by atoms with E-state index in [9.17, 15) is 4.79 Å². The number of aliphatic hydroxyl groups excluding tert-OH is 3. The molecular weight excluding hydrogens is 204 g/mol. The number of carbonyl (C=O) groups is 2. The van der Waals surface area contributed by atoms with Gasteiger partial charge in [0, 0.05) is 6.08 Å².